The molecule has 1 amide bonds. The lowest BCUT2D eigenvalue weighted by molar-refractivity contribution is -0.123. The van der Waals surface area contributed by atoms with Crippen molar-refractivity contribution in [2.24, 2.45) is 0 Å². The topological polar surface area (TPSA) is 82.6 Å². The first-order valence-electron chi connectivity index (χ1n) is 8.93. The zero-order valence-corrected chi connectivity index (χ0v) is 16.1. The monoisotopic (exact) mass is 388 g/mol. The Labute approximate surface area is 160 Å². The van der Waals surface area contributed by atoms with Gasteiger partial charge >= 0.3 is 0 Å². The molecule has 1 N–H and O–H groups in total. The molecule has 1 aromatic heterocycles. The van der Waals surface area contributed by atoms with Crippen LogP contribution in [0.1, 0.15) is 18.5 Å². The summed E-state index contributed by atoms with van der Waals surface area (Å²) in [6, 6.07) is 12.9. The number of aromatic nitrogens is 1. The van der Waals surface area contributed by atoms with Gasteiger partial charge in [0.05, 0.1) is 12.6 Å². The minimum atomic E-state index is -3.53. The van der Waals surface area contributed by atoms with Crippen LogP contribution in [-0.4, -0.2) is 61.2 Å². The summed E-state index contributed by atoms with van der Waals surface area (Å²) < 4.78 is 26.7. The van der Waals surface area contributed by atoms with E-state index in [0.29, 0.717) is 26.2 Å². The third-order valence-electron chi connectivity index (χ3n) is 4.65. The van der Waals surface area contributed by atoms with Crippen molar-refractivity contribution in [2.45, 2.75) is 17.9 Å². The van der Waals surface area contributed by atoms with Crippen molar-refractivity contribution >= 4 is 15.9 Å². The van der Waals surface area contributed by atoms with E-state index < -0.39 is 10.0 Å². The van der Waals surface area contributed by atoms with Gasteiger partial charge in [-0.3, -0.25) is 14.7 Å². The molecule has 8 heteroatoms. The number of hydrogen-bond acceptors (Lipinski definition) is 5. The first-order valence-corrected chi connectivity index (χ1v) is 10.4. The summed E-state index contributed by atoms with van der Waals surface area (Å²) in [4.78, 5) is 18.4. The summed E-state index contributed by atoms with van der Waals surface area (Å²) in [5, 5.41) is 2.99. The molecule has 1 aliphatic rings. The van der Waals surface area contributed by atoms with Crippen LogP contribution in [0.25, 0.3) is 0 Å². The van der Waals surface area contributed by atoms with Crippen molar-refractivity contribution in [3.05, 3.63) is 60.4 Å². The van der Waals surface area contributed by atoms with Crippen LogP contribution < -0.4 is 5.32 Å². The van der Waals surface area contributed by atoms with E-state index in [2.05, 4.69) is 10.3 Å². The molecule has 1 aliphatic heterocycles. The average molecular weight is 388 g/mol. The number of piperazine rings is 1. The van der Waals surface area contributed by atoms with Gasteiger partial charge in [0.1, 0.15) is 4.90 Å². The highest BCUT2D eigenvalue weighted by atomic mass is 32.2. The fraction of sp³-hybridized carbons (Fsp3) is 0.368. The second kappa shape index (κ2) is 8.60. The maximum Gasteiger partial charge on any atom is 0.244 e. The highest BCUT2D eigenvalue weighted by Gasteiger charge is 2.29. The number of amides is 1. The number of hydrogen-bond donors (Lipinski definition) is 1. The smallest absolute Gasteiger partial charge is 0.244 e. The Kier molecular flexibility index (Phi) is 6.20. The first kappa shape index (κ1) is 19.5. The molecular weight excluding hydrogens is 364 g/mol. The lowest BCUT2D eigenvalue weighted by Crippen LogP contribution is -2.51. The van der Waals surface area contributed by atoms with Crippen LogP contribution in [-0.2, 0) is 14.8 Å². The van der Waals surface area contributed by atoms with Gasteiger partial charge in [-0.2, -0.15) is 4.31 Å². The van der Waals surface area contributed by atoms with Crippen molar-refractivity contribution in [2.75, 3.05) is 32.7 Å². The molecule has 0 bridgehead atoms. The summed E-state index contributed by atoms with van der Waals surface area (Å²) in [7, 11) is -3.53. The predicted octanol–water partition coefficient (Wildman–Crippen LogP) is 1.27. The number of carbonyl (C=O) groups excluding carboxylic acids is 1. The van der Waals surface area contributed by atoms with Gasteiger partial charge in [0, 0.05) is 38.6 Å². The predicted molar refractivity (Wildman–Crippen MR) is 102 cm³/mol. The Hall–Kier alpha value is -2.29. The van der Waals surface area contributed by atoms with Crippen molar-refractivity contribution in [1.82, 2.24) is 19.5 Å². The second-order valence-electron chi connectivity index (χ2n) is 6.57. The van der Waals surface area contributed by atoms with Crippen molar-refractivity contribution < 1.29 is 13.2 Å². The van der Waals surface area contributed by atoms with Crippen molar-refractivity contribution in [3.8, 4) is 0 Å². The number of nitrogens with zero attached hydrogens (tertiary/aromatic N) is 3. The zero-order valence-electron chi connectivity index (χ0n) is 15.3. The molecule has 3 rings (SSSR count). The summed E-state index contributed by atoms with van der Waals surface area (Å²) in [6.45, 7) is 3.97. The van der Waals surface area contributed by atoms with Crippen LogP contribution in [0.5, 0.6) is 0 Å². The van der Waals surface area contributed by atoms with Crippen LogP contribution in [0.3, 0.4) is 0 Å². The minimum Gasteiger partial charge on any atom is -0.348 e. The molecule has 144 valence electrons. The molecule has 1 aromatic carbocycles. The Bertz CT molecular complexity index is 851. The molecule has 0 spiro atoms. The van der Waals surface area contributed by atoms with Gasteiger partial charge in [-0.1, -0.05) is 30.3 Å². The van der Waals surface area contributed by atoms with E-state index in [1.54, 1.807) is 18.3 Å². The van der Waals surface area contributed by atoms with Gasteiger partial charge < -0.3 is 5.32 Å². The van der Waals surface area contributed by atoms with Crippen LogP contribution in [0.2, 0.25) is 0 Å². The first-order chi connectivity index (χ1) is 13.0. The summed E-state index contributed by atoms with van der Waals surface area (Å²) in [5.41, 5.74) is 1.05. The molecule has 7 nitrogen and oxygen atoms in total. The van der Waals surface area contributed by atoms with Gasteiger partial charge in [0.2, 0.25) is 15.9 Å². The molecule has 1 unspecified atom stereocenters. The molecule has 0 radical (unpaired) electrons. The van der Waals surface area contributed by atoms with E-state index in [9.17, 15) is 13.2 Å². The minimum absolute atomic E-state index is 0.0603. The number of carbonyl (C=O) groups is 1. The highest BCUT2D eigenvalue weighted by Crippen LogP contribution is 2.16. The maximum atomic E-state index is 12.6. The molecule has 1 atom stereocenters. The van der Waals surface area contributed by atoms with E-state index in [1.807, 2.05) is 42.2 Å². The number of rotatable bonds is 6. The largest absolute Gasteiger partial charge is 0.348 e. The molecule has 0 saturated carbocycles. The van der Waals surface area contributed by atoms with E-state index in [-0.39, 0.29) is 23.4 Å². The normalized spacial score (nSPS) is 17.4. The SMILES string of the molecule is CC(NC(=O)CN1CCN(S(=O)(=O)c2cccnc2)CC1)c1ccccc1. The molecule has 1 saturated heterocycles. The van der Waals surface area contributed by atoms with Gasteiger partial charge in [-0.05, 0) is 24.6 Å². The molecule has 1 fully saturated rings. The summed E-state index contributed by atoms with van der Waals surface area (Å²) in [6.07, 6.45) is 2.91. The molecule has 2 aromatic rings. The average Bonchev–Trinajstić information content (AvgIpc) is 2.69. The highest BCUT2D eigenvalue weighted by molar-refractivity contribution is 7.89. The second-order valence-corrected chi connectivity index (χ2v) is 8.51. The number of pyridine rings is 1. The standard InChI is InChI=1S/C19H24N4O3S/c1-16(17-6-3-2-4-7-17)21-19(24)15-22-10-12-23(13-11-22)27(25,26)18-8-5-9-20-14-18/h2-9,14,16H,10-13,15H2,1H3,(H,21,24). The number of sulfonamides is 1. The molecular formula is C19H24N4O3S. The van der Waals surface area contributed by atoms with E-state index >= 15 is 0 Å². The zero-order chi connectivity index (χ0) is 19.3. The number of nitrogens with one attached hydrogen (secondary N) is 1. The fourth-order valence-electron chi connectivity index (χ4n) is 3.09. The quantitative estimate of drug-likeness (QED) is 0.806. The van der Waals surface area contributed by atoms with Gasteiger partial charge in [-0.25, -0.2) is 8.42 Å². The fourth-order valence-corrected chi connectivity index (χ4v) is 4.48. The lowest BCUT2D eigenvalue weighted by atomic mass is 10.1. The molecule has 0 aliphatic carbocycles. The lowest BCUT2D eigenvalue weighted by Gasteiger charge is -2.33. The van der Waals surface area contributed by atoms with Gasteiger partial charge in [0.15, 0.2) is 0 Å². The Morgan fingerprint density at radius 2 is 1.81 bits per heavy atom. The van der Waals surface area contributed by atoms with Crippen LogP contribution in [0, 0.1) is 0 Å². The third-order valence-corrected chi connectivity index (χ3v) is 6.53. The Morgan fingerprint density at radius 3 is 2.44 bits per heavy atom. The van der Waals surface area contributed by atoms with Crippen LogP contribution in [0.4, 0.5) is 0 Å². The molecule has 27 heavy (non-hydrogen) atoms. The maximum absolute atomic E-state index is 12.6. The van der Waals surface area contributed by atoms with Crippen molar-refractivity contribution in [1.29, 1.82) is 0 Å². The van der Waals surface area contributed by atoms with E-state index in [1.165, 1.54) is 10.5 Å². The summed E-state index contributed by atoms with van der Waals surface area (Å²) >= 11 is 0. The van der Waals surface area contributed by atoms with Crippen LogP contribution in [0.15, 0.2) is 59.8 Å². The number of benzene rings is 1. The van der Waals surface area contributed by atoms with Gasteiger partial charge in [-0.15, -0.1) is 0 Å². The van der Waals surface area contributed by atoms with Crippen molar-refractivity contribution in [3.63, 3.8) is 0 Å². The third kappa shape index (κ3) is 4.91. The molecule has 2 heterocycles. The summed E-state index contributed by atoms with van der Waals surface area (Å²) in [5.74, 6) is -0.0603. The van der Waals surface area contributed by atoms with Gasteiger partial charge in [0.25, 0.3) is 0 Å². The van der Waals surface area contributed by atoms with E-state index in [4.69, 9.17) is 0 Å². The Balaban J connectivity index is 1.50. The Morgan fingerprint density at radius 1 is 1.11 bits per heavy atom. The van der Waals surface area contributed by atoms with E-state index in [0.717, 1.165) is 5.56 Å². The van der Waals surface area contributed by atoms with Crippen LogP contribution >= 0.6 is 0 Å².